The van der Waals surface area contributed by atoms with Crippen molar-refractivity contribution in [1.29, 1.82) is 0 Å². The van der Waals surface area contributed by atoms with Gasteiger partial charge in [-0.25, -0.2) is 5.43 Å². The maximum absolute atomic E-state index is 12.3. The molecule has 20 heavy (non-hydrogen) atoms. The fourth-order valence-electron chi connectivity index (χ4n) is 2.32. The number of carbonyl (C=O) groups excluding carboxylic acids is 1. The minimum absolute atomic E-state index is 0.113. The van der Waals surface area contributed by atoms with Crippen LogP contribution in [0.4, 0.5) is 0 Å². The third-order valence-corrected chi connectivity index (χ3v) is 3.23. The molecule has 0 spiro atoms. The van der Waals surface area contributed by atoms with Crippen molar-refractivity contribution < 1.29 is 9.53 Å². The summed E-state index contributed by atoms with van der Waals surface area (Å²) < 4.78 is 5.96. The monoisotopic (exact) mass is 276 g/mol. The second-order valence-electron chi connectivity index (χ2n) is 7.11. The van der Waals surface area contributed by atoms with Gasteiger partial charge < -0.3 is 4.74 Å². The highest BCUT2D eigenvalue weighted by Crippen LogP contribution is 2.39. The molecule has 4 heteroatoms. The van der Waals surface area contributed by atoms with E-state index in [1.807, 2.05) is 53.7 Å². The molecule has 2 rings (SSSR count). The van der Waals surface area contributed by atoms with E-state index in [9.17, 15) is 4.79 Å². The average Bonchev–Trinajstić information content (AvgIpc) is 2.62. The number of carbonyl (C=O) groups is 1. The lowest BCUT2D eigenvalue weighted by Gasteiger charge is -2.21. The molecular weight excluding hydrogens is 252 g/mol. The molecule has 0 saturated heterocycles. The van der Waals surface area contributed by atoms with E-state index in [1.165, 1.54) is 0 Å². The molecule has 0 aliphatic carbocycles. The maximum atomic E-state index is 12.3. The predicted octanol–water partition coefficient (Wildman–Crippen LogP) is 2.74. The lowest BCUT2D eigenvalue weighted by Crippen LogP contribution is -2.48. The largest absolute Gasteiger partial charge is 0.487 e. The molecule has 1 heterocycles. The Bertz CT molecular complexity index is 542. The third kappa shape index (κ3) is 3.12. The van der Waals surface area contributed by atoms with E-state index >= 15 is 0 Å². The van der Waals surface area contributed by atoms with Crippen LogP contribution in [0.2, 0.25) is 0 Å². The van der Waals surface area contributed by atoms with Crippen LogP contribution in [-0.4, -0.2) is 17.0 Å². The summed E-state index contributed by atoms with van der Waals surface area (Å²) in [7, 11) is 0. The Morgan fingerprint density at radius 1 is 1.30 bits per heavy atom. The lowest BCUT2D eigenvalue weighted by molar-refractivity contribution is 0.0913. The van der Waals surface area contributed by atoms with Crippen molar-refractivity contribution >= 4 is 5.91 Å². The fraction of sp³-hybridized carbons (Fsp3) is 0.562. The lowest BCUT2D eigenvalue weighted by atomic mass is 9.95. The zero-order valence-electron chi connectivity index (χ0n) is 13.2. The van der Waals surface area contributed by atoms with Crippen molar-refractivity contribution in [1.82, 2.24) is 10.9 Å². The number of fused-ring (bicyclic) bond motifs is 1. The van der Waals surface area contributed by atoms with Gasteiger partial charge in [0, 0.05) is 23.1 Å². The Labute approximate surface area is 120 Å². The minimum atomic E-state index is -0.249. The highest BCUT2D eigenvalue weighted by molar-refractivity contribution is 5.96. The molecule has 0 bridgehead atoms. The van der Waals surface area contributed by atoms with Crippen molar-refractivity contribution in [2.45, 2.75) is 59.1 Å². The molecule has 4 nitrogen and oxygen atoms in total. The summed E-state index contributed by atoms with van der Waals surface area (Å²) in [5.74, 6) is 0.746. The van der Waals surface area contributed by atoms with Crippen LogP contribution in [0.5, 0.6) is 5.75 Å². The molecule has 2 N–H and O–H groups in total. The summed E-state index contributed by atoms with van der Waals surface area (Å²) in [6.45, 7) is 12.1. The van der Waals surface area contributed by atoms with Crippen molar-refractivity contribution in [3.8, 4) is 5.75 Å². The highest BCUT2D eigenvalue weighted by atomic mass is 16.5. The first-order valence-corrected chi connectivity index (χ1v) is 6.98. The summed E-state index contributed by atoms with van der Waals surface area (Å²) in [6, 6.07) is 3.81. The molecule has 1 aromatic rings. The average molecular weight is 276 g/mol. The minimum Gasteiger partial charge on any atom is -0.487 e. The van der Waals surface area contributed by atoms with Crippen LogP contribution in [0.3, 0.4) is 0 Å². The van der Waals surface area contributed by atoms with Crippen molar-refractivity contribution in [2.24, 2.45) is 0 Å². The molecule has 0 fully saturated rings. The van der Waals surface area contributed by atoms with E-state index in [-0.39, 0.29) is 17.0 Å². The summed E-state index contributed by atoms with van der Waals surface area (Å²) in [4.78, 5) is 12.3. The Kier molecular flexibility index (Phi) is 3.54. The number of amides is 1. The van der Waals surface area contributed by atoms with Crippen molar-refractivity contribution in [3.05, 3.63) is 28.8 Å². The second-order valence-corrected chi connectivity index (χ2v) is 7.11. The number of hydrazine groups is 1. The first-order valence-electron chi connectivity index (χ1n) is 6.98. The van der Waals surface area contributed by atoms with Gasteiger partial charge in [0.15, 0.2) is 0 Å². The smallest absolute Gasteiger partial charge is 0.265 e. The van der Waals surface area contributed by atoms with Gasteiger partial charge in [0.2, 0.25) is 0 Å². The van der Waals surface area contributed by atoms with Crippen LogP contribution in [0.15, 0.2) is 12.1 Å². The SMILES string of the molecule is Cc1ccc(C(=O)NNC(C)(C)C)c2c1OC(C)(C)C2. The molecule has 1 aliphatic heterocycles. The maximum Gasteiger partial charge on any atom is 0.265 e. The van der Waals surface area contributed by atoms with E-state index in [4.69, 9.17) is 4.74 Å². The van der Waals surface area contributed by atoms with Crippen LogP contribution in [0, 0.1) is 6.92 Å². The summed E-state index contributed by atoms with van der Waals surface area (Å²) in [5, 5.41) is 0. The van der Waals surface area contributed by atoms with Gasteiger partial charge in [0.1, 0.15) is 11.4 Å². The Hall–Kier alpha value is -1.55. The number of benzene rings is 1. The molecule has 0 aromatic heterocycles. The standard InChI is InChI=1S/C16H24N2O2/c1-10-7-8-11(14(19)17-18-15(2,3)4)12-9-16(5,6)20-13(10)12/h7-8,18H,9H2,1-6H3,(H,17,19). The van der Waals surface area contributed by atoms with Crippen LogP contribution in [0.1, 0.15) is 56.1 Å². The molecule has 0 unspecified atom stereocenters. The number of hydrogen-bond donors (Lipinski definition) is 2. The topological polar surface area (TPSA) is 50.4 Å². The molecule has 1 aromatic carbocycles. The summed E-state index contributed by atoms with van der Waals surface area (Å²) >= 11 is 0. The second kappa shape index (κ2) is 4.77. The van der Waals surface area contributed by atoms with E-state index in [0.717, 1.165) is 23.3 Å². The Morgan fingerprint density at radius 2 is 1.95 bits per heavy atom. The number of ether oxygens (including phenoxy) is 1. The van der Waals surface area contributed by atoms with E-state index in [0.29, 0.717) is 5.56 Å². The number of hydrogen-bond acceptors (Lipinski definition) is 3. The van der Waals surface area contributed by atoms with Gasteiger partial charge in [0.05, 0.1) is 0 Å². The Balaban J connectivity index is 2.27. The van der Waals surface area contributed by atoms with Gasteiger partial charge in [-0.3, -0.25) is 10.2 Å². The van der Waals surface area contributed by atoms with Gasteiger partial charge in [-0.05, 0) is 53.2 Å². The molecular formula is C16H24N2O2. The van der Waals surface area contributed by atoms with E-state index in [2.05, 4.69) is 10.9 Å². The van der Waals surface area contributed by atoms with Gasteiger partial charge in [-0.1, -0.05) is 6.07 Å². The number of aryl methyl sites for hydroxylation is 1. The molecule has 0 atom stereocenters. The van der Waals surface area contributed by atoms with Crippen LogP contribution < -0.4 is 15.6 Å². The van der Waals surface area contributed by atoms with Crippen molar-refractivity contribution in [3.63, 3.8) is 0 Å². The first kappa shape index (κ1) is 14.9. The highest BCUT2D eigenvalue weighted by Gasteiger charge is 2.34. The molecule has 1 amide bonds. The van der Waals surface area contributed by atoms with Crippen LogP contribution in [0.25, 0.3) is 0 Å². The van der Waals surface area contributed by atoms with Gasteiger partial charge >= 0.3 is 0 Å². The van der Waals surface area contributed by atoms with Crippen LogP contribution >= 0.6 is 0 Å². The fourth-order valence-corrected chi connectivity index (χ4v) is 2.32. The zero-order chi connectivity index (χ0) is 15.1. The molecule has 0 radical (unpaired) electrons. The summed E-state index contributed by atoms with van der Waals surface area (Å²) in [6.07, 6.45) is 0.752. The first-order chi connectivity index (χ1) is 9.09. The predicted molar refractivity (Wildman–Crippen MR) is 79.9 cm³/mol. The Morgan fingerprint density at radius 3 is 2.55 bits per heavy atom. The summed E-state index contributed by atoms with van der Waals surface area (Å²) in [5.41, 5.74) is 8.13. The van der Waals surface area contributed by atoms with Crippen LogP contribution in [-0.2, 0) is 6.42 Å². The normalized spacial score (nSPS) is 16.5. The number of nitrogens with one attached hydrogen (secondary N) is 2. The van der Waals surface area contributed by atoms with Gasteiger partial charge in [-0.2, -0.15) is 0 Å². The van der Waals surface area contributed by atoms with Gasteiger partial charge in [0.25, 0.3) is 5.91 Å². The molecule has 0 saturated carbocycles. The zero-order valence-corrected chi connectivity index (χ0v) is 13.2. The molecule has 110 valence electrons. The quantitative estimate of drug-likeness (QED) is 0.817. The van der Waals surface area contributed by atoms with E-state index in [1.54, 1.807) is 0 Å². The molecule has 1 aliphatic rings. The van der Waals surface area contributed by atoms with E-state index < -0.39 is 0 Å². The van der Waals surface area contributed by atoms with Gasteiger partial charge in [-0.15, -0.1) is 0 Å². The number of rotatable bonds is 2. The third-order valence-electron chi connectivity index (χ3n) is 3.23. The van der Waals surface area contributed by atoms with Crippen molar-refractivity contribution in [2.75, 3.05) is 0 Å².